The number of carbonyl (C=O) groups is 1. The molecule has 180 valence electrons. The predicted octanol–water partition coefficient (Wildman–Crippen LogP) is 1.95. The van der Waals surface area contributed by atoms with Gasteiger partial charge in [-0.25, -0.2) is 15.0 Å². The van der Waals surface area contributed by atoms with Crippen molar-refractivity contribution in [3.05, 3.63) is 60.7 Å². The lowest BCUT2D eigenvalue weighted by Crippen LogP contribution is -2.31. The molecule has 2 aliphatic heterocycles. The van der Waals surface area contributed by atoms with E-state index in [9.17, 15) is 15.0 Å². The summed E-state index contributed by atoms with van der Waals surface area (Å²) in [5.41, 5.74) is 1.78. The number of aliphatic hydroxyl groups is 2. The van der Waals surface area contributed by atoms with Crippen LogP contribution >= 0.6 is 0 Å². The van der Waals surface area contributed by atoms with E-state index < -0.39 is 18.4 Å². The quantitative estimate of drug-likeness (QED) is 0.401. The number of imidazole rings is 1. The van der Waals surface area contributed by atoms with Crippen LogP contribution in [0, 0.1) is 0 Å². The summed E-state index contributed by atoms with van der Waals surface area (Å²) in [6, 6.07) is 13.8. The van der Waals surface area contributed by atoms with Gasteiger partial charge in [-0.1, -0.05) is 30.3 Å². The van der Waals surface area contributed by atoms with Gasteiger partial charge < -0.3 is 25.2 Å². The Morgan fingerprint density at radius 3 is 2.83 bits per heavy atom. The van der Waals surface area contributed by atoms with Crippen molar-refractivity contribution in [2.24, 2.45) is 0 Å². The fourth-order valence-corrected chi connectivity index (χ4v) is 5.00. The minimum absolute atomic E-state index is 0.0166. The van der Waals surface area contributed by atoms with Gasteiger partial charge in [-0.15, -0.1) is 0 Å². The number of nitrogens with one attached hydrogen (secondary N) is 1. The third-order valence-corrected chi connectivity index (χ3v) is 6.81. The Bertz CT molecular complexity index is 1390. The van der Waals surface area contributed by atoms with E-state index in [2.05, 4.69) is 20.3 Å². The average molecular weight is 475 g/mol. The van der Waals surface area contributed by atoms with Crippen molar-refractivity contribution in [1.29, 1.82) is 0 Å². The van der Waals surface area contributed by atoms with E-state index in [4.69, 9.17) is 4.74 Å². The highest BCUT2D eigenvalue weighted by atomic mass is 16.5. The van der Waals surface area contributed by atoms with Crippen LogP contribution < -0.4 is 5.32 Å². The van der Waals surface area contributed by atoms with Gasteiger partial charge in [0.1, 0.15) is 12.4 Å². The topological polar surface area (TPSA) is 126 Å². The molecule has 2 aromatic heterocycles. The van der Waals surface area contributed by atoms with Gasteiger partial charge in [-0.2, -0.15) is 0 Å². The highest BCUT2D eigenvalue weighted by Gasteiger charge is 2.36. The van der Waals surface area contributed by atoms with E-state index in [0.29, 0.717) is 42.1 Å². The predicted molar refractivity (Wildman–Crippen MR) is 129 cm³/mol. The monoisotopic (exact) mass is 474 g/mol. The number of hydrogen-bond acceptors (Lipinski definition) is 8. The van der Waals surface area contributed by atoms with Crippen LogP contribution in [0.25, 0.3) is 21.9 Å². The largest absolute Gasteiger partial charge is 0.394 e. The highest BCUT2D eigenvalue weighted by molar-refractivity contribution is 5.98. The number of fused-ring (bicyclic) bond motifs is 2. The number of amides is 1. The molecule has 2 aliphatic rings. The molecule has 0 spiro atoms. The molecule has 35 heavy (non-hydrogen) atoms. The molecule has 4 aromatic rings. The minimum atomic E-state index is -0.763. The number of ether oxygens (including phenoxy) is 1. The van der Waals surface area contributed by atoms with Crippen molar-refractivity contribution < 1.29 is 19.7 Å². The summed E-state index contributed by atoms with van der Waals surface area (Å²) in [7, 11) is 0. The second kappa shape index (κ2) is 8.88. The molecule has 4 atom stereocenters. The number of anilines is 1. The number of likely N-dealkylation sites (tertiary alicyclic amines) is 1. The zero-order chi connectivity index (χ0) is 23.9. The second-order valence-electron chi connectivity index (χ2n) is 9.12. The number of benzene rings is 2. The van der Waals surface area contributed by atoms with Crippen molar-refractivity contribution in [3.8, 4) is 0 Å². The van der Waals surface area contributed by atoms with Gasteiger partial charge in [0.05, 0.1) is 19.0 Å². The number of nitrogens with zero attached hydrogens (tertiary/aromatic N) is 5. The summed E-state index contributed by atoms with van der Waals surface area (Å²) in [5, 5.41) is 25.3. The normalized spacial score (nSPS) is 24.5. The third-order valence-electron chi connectivity index (χ3n) is 6.81. The van der Waals surface area contributed by atoms with Crippen molar-refractivity contribution in [1.82, 2.24) is 24.4 Å². The lowest BCUT2D eigenvalue weighted by atomic mass is 10.1. The van der Waals surface area contributed by atoms with Gasteiger partial charge in [0, 0.05) is 31.1 Å². The van der Waals surface area contributed by atoms with Crippen LogP contribution in [0.4, 0.5) is 5.82 Å². The Balaban J connectivity index is 1.17. The van der Waals surface area contributed by atoms with Crippen LogP contribution in [-0.2, 0) is 4.74 Å². The summed E-state index contributed by atoms with van der Waals surface area (Å²) < 4.78 is 7.43. The van der Waals surface area contributed by atoms with E-state index >= 15 is 0 Å². The lowest BCUT2D eigenvalue weighted by molar-refractivity contribution is -0.0486. The zero-order valence-electron chi connectivity index (χ0n) is 19.0. The maximum Gasteiger partial charge on any atom is 0.253 e. The van der Waals surface area contributed by atoms with E-state index in [-0.39, 0.29) is 18.6 Å². The first kappa shape index (κ1) is 21.9. The summed E-state index contributed by atoms with van der Waals surface area (Å²) in [6.45, 7) is 1.05. The van der Waals surface area contributed by atoms with Gasteiger partial charge in [-0.05, 0) is 29.3 Å². The first-order valence-electron chi connectivity index (χ1n) is 11.8. The van der Waals surface area contributed by atoms with Crippen LogP contribution in [0.1, 0.15) is 29.4 Å². The van der Waals surface area contributed by atoms with Crippen molar-refractivity contribution in [2.45, 2.75) is 37.3 Å². The van der Waals surface area contributed by atoms with Gasteiger partial charge in [0.15, 0.2) is 23.2 Å². The molecule has 1 amide bonds. The van der Waals surface area contributed by atoms with E-state index in [1.165, 1.54) is 6.33 Å². The first-order valence-corrected chi connectivity index (χ1v) is 11.8. The summed E-state index contributed by atoms with van der Waals surface area (Å²) in [6.07, 6.45) is 2.30. The molecular weight excluding hydrogens is 448 g/mol. The fraction of sp³-hybridized carbons (Fsp3) is 0.360. The lowest BCUT2D eigenvalue weighted by Gasteiger charge is -2.18. The number of rotatable bonds is 5. The molecule has 10 heteroatoms. The third kappa shape index (κ3) is 3.99. The Labute approximate surface area is 201 Å². The van der Waals surface area contributed by atoms with Crippen molar-refractivity contribution in [2.75, 3.05) is 25.0 Å². The SMILES string of the molecule is O=C(c1ccc2ccccc2c1)N1CC[C@@H](Nc2ncnc3c2ncn3[C@@H]2O[C@H](CO)C[C@H]2O)C1. The van der Waals surface area contributed by atoms with Gasteiger partial charge in [0.2, 0.25) is 0 Å². The van der Waals surface area contributed by atoms with Crippen molar-refractivity contribution >= 4 is 33.7 Å². The van der Waals surface area contributed by atoms with Gasteiger partial charge in [-0.3, -0.25) is 9.36 Å². The Morgan fingerprint density at radius 2 is 2.00 bits per heavy atom. The first-order chi connectivity index (χ1) is 17.1. The number of aliphatic hydroxyl groups excluding tert-OH is 2. The molecule has 2 fully saturated rings. The molecule has 10 nitrogen and oxygen atoms in total. The van der Waals surface area contributed by atoms with E-state index in [1.54, 1.807) is 10.9 Å². The Kier molecular flexibility index (Phi) is 5.56. The van der Waals surface area contributed by atoms with Crippen LogP contribution in [0.3, 0.4) is 0 Å². The fourth-order valence-electron chi connectivity index (χ4n) is 5.00. The minimum Gasteiger partial charge on any atom is -0.394 e. The summed E-state index contributed by atoms with van der Waals surface area (Å²) in [5.74, 6) is 0.591. The Hall–Kier alpha value is -3.60. The van der Waals surface area contributed by atoms with E-state index in [0.717, 1.165) is 17.2 Å². The Morgan fingerprint density at radius 1 is 1.14 bits per heavy atom. The maximum absolute atomic E-state index is 13.1. The molecule has 3 N–H and O–H groups in total. The van der Waals surface area contributed by atoms with Crippen LogP contribution in [0.2, 0.25) is 0 Å². The molecule has 2 aromatic carbocycles. The molecule has 0 unspecified atom stereocenters. The standard InChI is InChI=1S/C25H26N6O4/c32-12-19-10-20(33)25(35-19)31-14-28-21-22(26-13-27-23(21)31)29-18-7-8-30(11-18)24(34)17-6-5-15-3-1-2-4-16(15)9-17/h1-6,9,13-14,18-20,25,32-33H,7-8,10-12H2,(H,26,27,29)/t18-,19+,20-,25-/m1/s1. The number of hydrogen-bond donors (Lipinski definition) is 3. The molecule has 6 rings (SSSR count). The van der Waals surface area contributed by atoms with Crippen molar-refractivity contribution in [3.63, 3.8) is 0 Å². The summed E-state index contributed by atoms with van der Waals surface area (Å²) in [4.78, 5) is 28.2. The van der Waals surface area contributed by atoms with E-state index in [1.807, 2.05) is 47.4 Å². The molecule has 2 saturated heterocycles. The van der Waals surface area contributed by atoms with Crippen LogP contribution in [0.5, 0.6) is 0 Å². The number of aromatic nitrogens is 4. The molecule has 4 heterocycles. The molecule has 0 radical (unpaired) electrons. The zero-order valence-corrected chi connectivity index (χ0v) is 19.0. The average Bonchev–Trinajstić information content (AvgIpc) is 3.62. The molecular formula is C25H26N6O4. The smallest absolute Gasteiger partial charge is 0.253 e. The second-order valence-corrected chi connectivity index (χ2v) is 9.12. The molecule has 0 aliphatic carbocycles. The van der Waals surface area contributed by atoms with Gasteiger partial charge in [0.25, 0.3) is 5.91 Å². The molecule has 0 bridgehead atoms. The van der Waals surface area contributed by atoms with Gasteiger partial charge >= 0.3 is 0 Å². The highest BCUT2D eigenvalue weighted by Crippen LogP contribution is 2.32. The summed E-state index contributed by atoms with van der Waals surface area (Å²) >= 11 is 0. The maximum atomic E-state index is 13.1. The van der Waals surface area contributed by atoms with Crippen LogP contribution in [-0.4, -0.2) is 78.5 Å². The van der Waals surface area contributed by atoms with Crippen LogP contribution in [0.15, 0.2) is 55.1 Å². The number of carbonyl (C=O) groups excluding carboxylic acids is 1. The molecule has 0 saturated carbocycles.